The summed E-state index contributed by atoms with van der Waals surface area (Å²) in [5.74, 6) is -1.73. The van der Waals surface area contributed by atoms with Gasteiger partial charge in [0.15, 0.2) is 11.5 Å². The number of para-hydroxylation sites is 1. The quantitative estimate of drug-likeness (QED) is 0.831. The first kappa shape index (κ1) is 18.6. The number of esters is 1. The predicted molar refractivity (Wildman–Crippen MR) is 96.9 cm³/mol. The standard InChI is InChI=1S/C20H20N2O5/c1-13(18(24)22-20(12-21)9-5-2-6-10-20)26-19(25)17-11-15(23)14-7-3-4-8-16(14)27-17/h3-4,7-8,11,13H,2,5-6,9-10H2,1H3,(H,22,24)/t13-/m1/s1. The molecule has 0 radical (unpaired) electrons. The van der Waals surface area contributed by atoms with Crippen LogP contribution in [0.3, 0.4) is 0 Å². The van der Waals surface area contributed by atoms with Crippen molar-refractivity contribution < 1.29 is 18.7 Å². The highest BCUT2D eigenvalue weighted by Gasteiger charge is 2.35. The van der Waals surface area contributed by atoms with Crippen molar-refractivity contribution in [1.29, 1.82) is 5.26 Å². The highest BCUT2D eigenvalue weighted by Crippen LogP contribution is 2.27. The number of nitrogens with zero attached hydrogens (tertiary/aromatic N) is 1. The highest BCUT2D eigenvalue weighted by atomic mass is 16.6. The topological polar surface area (TPSA) is 109 Å². The summed E-state index contributed by atoms with van der Waals surface area (Å²) in [6.45, 7) is 1.42. The van der Waals surface area contributed by atoms with Crippen LogP contribution in [0, 0.1) is 11.3 Å². The Bertz CT molecular complexity index is 966. The SMILES string of the molecule is C[C@@H](OC(=O)c1cc(=O)c2ccccc2o1)C(=O)NC1(C#N)CCCCC1. The van der Waals surface area contributed by atoms with Gasteiger partial charge < -0.3 is 14.5 Å². The molecule has 1 fully saturated rings. The Labute approximate surface area is 155 Å². The molecule has 1 heterocycles. The van der Waals surface area contributed by atoms with Crippen LogP contribution in [-0.4, -0.2) is 23.5 Å². The molecule has 3 rings (SSSR count). The lowest BCUT2D eigenvalue weighted by molar-refractivity contribution is -0.130. The number of fused-ring (bicyclic) bond motifs is 1. The van der Waals surface area contributed by atoms with Crippen LogP contribution >= 0.6 is 0 Å². The Morgan fingerprint density at radius 1 is 1.26 bits per heavy atom. The van der Waals surface area contributed by atoms with E-state index in [0.29, 0.717) is 18.2 Å². The number of ether oxygens (including phenoxy) is 1. The molecule has 7 nitrogen and oxygen atoms in total. The molecule has 1 N–H and O–H groups in total. The Balaban J connectivity index is 1.71. The van der Waals surface area contributed by atoms with Gasteiger partial charge in [0, 0.05) is 6.07 Å². The molecule has 1 saturated carbocycles. The van der Waals surface area contributed by atoms with Crippen molar-refractivity contribution in [3.8, 4) is 6.07 Å². The molecule has 1 atom stereocenters. The summed E-state index contributed by atoms with van der Waals surface area (Å²) >= 11 is 0. The number of benzene rings is 1. The molecule has 0 spiro atoms. The summed E-state index contributed by atoms with van der Waals surface area (Å²) in [6, 6.07) is 9.78. The molecule has 0 unspecified atom stereocenters. The molecule has 140 valence electrons. The lowest BCUT2D eigenvalue weighted by Crippen LogP contribution is -2.52. The normalized spacial score (nSPS) is 16.9. The molecule has 1 aromatic carbocycles. The van der Waals surface area contributed by atoms with Gasteiger partial charge in [0.05, 0.1) is 11.5 Å². The fraction of sp³-hybridized carbons (Fsp3) is 0.400. The largest absolute Gasteiger partial charge is 0.449 e. The van der Waals surface area contributed by atoms with Crippen LogP contribution in [0.1, 0.15) is 49.6 Å². The van der Waals surface area contributed by atoms with Crippen molar-refractivity contribution in [3.05, 3.63) is 46.3 Å². The Kier molecular flexibility index (Phi) is 5.26. The van der Waals surface area contributed by atoms with E-state index < -0.39 is 23.5 Å². The zero-order valence-corrected chi connectivity index (χ0v) is 15.0. The number of carbonyl (C=O) groups excluding carboxylic acids is 2. The maximum absolute atomic E-state index is 12.4. The molecule has 2 aromatic rings. The highest BCUT2D eigenvalue weighted by molar-refractivity contribution is 5.91. The van der Waals surface area contributed by atoms with E-state index in [2.05, 4.69) is 11.4 Å². The second-order valence-electron chi connectivity index (χ2n) is 6.76. The third-order valence-corrected chi connectivity index (χ3v) is 4.77. The van der Waals surface area contributed by atoms with Gasteiger partial charge in [-0.05, 0) is 31.9 Å². The summed E-state index contributed by atoms with van der Waals surface area (Å²) in [5.41, 5.74) is -1.02. The molecule has 27 heavy (non-hydrogen) atoms. The Morgan fingerprint density at radius 3 is 2.67 bits per heavy atom. The number of amides is 1. The van der Waals surface area contributed by atoms with Crippen LogP contribution in [-0.2, 0) is 9.53 Å². The van der Waals surface area contributed by atoms with E-state index in [-0.39, 0.29) is 16.8 Å². The second-order valence-corrected chi connectivity index (χ2v) is 6.76. The third kappa shape index (κ3) is 4.00. The van der Waals surface area contributed by atoms with E-state index in [4.69, 9.17) is 9.15 Å². The number of hydrogen-bond acceptors (Lipinski definition) is 6. The smallest absolute Gasteiger partial charge is 0.375 e. The summed E-state index contributed by atoms with van der Waals surface area (Å²) in [4.78, 5) is 36.8. The summed E-state index contributed by atoms with van der Waals surface area (Å²) in [7, 11) is 0. The molecule has 0 saturated heterocycles. The van der Waals surface area contributed by atoms with E-state index in [1.54, 1.807) is 24.3 Å². The zero-order chi connectivity index (χ0) is 19.4. The molecule has 1 aromatic heterocycles. The van der Waals surface area contributed by atoms with Gasteiger partial charge in [-0.1, -0.05) is 31.4 Å². The minimum Gasteiger partial charge on any atom is -0.449 e. The average Bonchev–Trinajstić information content (AvgIpc) is 2.68. The van der Waals surface area contributed by atoms with Gasteiger partial charge in [0.2, 0.25) is 5.76 Å². The Hall–Kier alpha value is -3.14. The van der Waals surface area contributed by atoms with E-state index >= 15 is 0 Å². The first-order chi connectivity index (χ1) is 12.9. The lowest BCUT2D eigenvalue weighted by Gasteiger charge is -2.32. The van der Waals surface area contributed by atoms with Crippen molar-refractivity contribution in [1.82, 2.24) is 5.32 Å². The minimum absolute atomic E-state index is 0.264. The van der Waals surface area contributed by atoms with Crippen LogP contribution in [0.5, 0.6) is 0 Å². The third-order valence-electron chi connectivity index (χ3n) is 4.77. The number of carbonyl (C=O) groups is 2. The fourth-order valence-electron chi connectivity index (χ4n) is 3.23. The molecule has 1 amide bonds. The first-order valence-electron chi connectivity index (χ1n) is 8.91. The molecular formula is C20H20N2O5. The summed E-state index contributed by atoms with van der Waals surface area (Å²) in [5, 5.41) is 12.5. The van der Waals surface area contributed by atoms with Gasteiger partial charge in [-0.15, -0.1) is 0 Å². The van der Waals surface area contributed by atoms with Crippen molar-refractivity contribution in [2.45, 2.75) is 50.7 Å². The van der Waals surface area contributed by atoms with E-state index in [9.17, 15) is 19.6 Å². The average molecular weight is 368 g/mol. The van der Waals surface area contributed by atoms with Gasteiger partial charge in [-0.2, -0.15) is 5.26 Å². The van der Waals surface area contributed by atoms with Crippen molar-refractivity contribution in [2.75, 3.05) is 0 Å². The molecule has 1 aliphatic carbocycles. The fourth-order valence-corrected chi connectivity index (χ4v) is 3.23. The molecule has 0 aliphatic heterocycles. The first-order valence-corrected chi connectivity index (χ1v) is 8.91. The predicted octanol–water partition coefficient (Wildman–Crippen LogP) is 2.68. The maximum Gasteiger partial charge on any atom is 0.375 e. The molecule has 0 bridgehead atoms. The van der Waals surface area contributed by atoms with Gasteiger partial charge in [-0.25, -0.2) is 4.79 Å². The number of nitriles is 1. The second kappa shape index (κ2) is 7.62. The Morgan fingerprint density at radius 2 is 1.96 bits per heavy atom. The van der Waals surface area contributed by atoms with Crippen molar-refractivity contribution in [3.63, 3.8) is 0 Å². The van der Waals surface area contributed by atoms with Gasteiger partial charge in [0.1, 0.15) is 11.1 Å². The monoisotopic (exact) mass is 368 g/mol. The summed E-state index contributed by atoms with van der Waals surface area (Å²) in [6.07, 6.45) is 2.80. The molecular weight excluding hydrogens is 348 g/mol. The van der Waals surface area contributed by atoms with Gasteiger partial charge in [-0.3, -0.25) is 9.59 Å². The van der Waals surface area contributed by atoms with E-state index in [1.165, 1.54) is 6.92 Å². The summed E-state index contributed by atoms with van der Waals surface area (Å²) < 4.78 is 10.6. The zero-order valence-electron chi connectivity index (χ0n) is 15.0. The number of hydrogen-bond donors (Lipinski definition) is 1. The van der Waals surface area contributed by atoms with Gasteiger partial charge in [0.25, 0.3) is 5.91 Å². The lowest BCUT2D eigenvalue weighted by atomic mass is 9.83. The van der Waals surface area contributed by atoms with Crippen LogP contribution < -0.4 is 10.7 Å². The van der Waals surface area contributed by atoms with E-state index in [0.717, 1.165) is 25.3 Å². The molecule has 1 aliphatic rings. The van der Waals surface area contributed by atoms with Crippen LogP contribution in [0.25, 0.3) is 11.0 Å². The van der Waals surface area contributed by atoms with E-state index in [1.807, 2.05) is 0 Å². The van der Waals surface area contributed by atoms with Gasteiger partial charge >= 0.3 is 5.97 Å². The minimum atomic E-state index is -1.12. The van der Waals surface area contributed by atoms with Crippen LogP contribution in [0.2, 0.25) is 0 Å². The van der Waals surface area contributed by atoms with Crippen LogP contribution in [0.15, 0.2) is 39.5 Å². The van der Waals surface area contributed by atoms with Crippen molar-refractivity contribution >= 4 is 22.8 Å². The molecule has 7 heteroatoms. The van der Waals surface area contributed by atoms with Crippen LogP contribution in [0.4, 0.5) is 0 Å². The number of nitrogens with one attached hydrogen (secondary N) is 1. The number of rotatable bonds is 4. The maximum atomic E-state index is 12.4. The van der Waals surface area contributed by atoms with Crippen molar-refractivity contribution in [2.24, 2.45) is 0 Å².